The fraction of sp³-hybridized carbons (Fsp3) is 0.143. The van der Waals surface area contributed by atoms with Crippen LogP contribution in [-0.4, -0.2) is 17.3 Å². The highest BCUT2D eigenvalue weighted by molar-refractivity contribution is 14.0. The molecule has 0 atom stereocenters. The maximum atomic E-state index is 12.5. The molecule has 0 radical (unpaired) electrons. The van der Waals surface area contributed by atoms with Gasteiger partial charge >= 0.3 is 6.36 Å². The molecule has 1 heterocycles. The molecule has 0 saturated carbocycles. The smallest absolute Gasteiger partial charge is 0.473 e. The van der Waals surface area contributed by atoms with Gasteiger partial charge in [0, 0.05) is 12.3 Å². The molecule has 0 spiro atoms. The van der Waals surface area contributed by atoms with Crippen molar-refractivity contribution in [2.24, 2.45) is 10.7 Å². The average molecular weight is 544 g/mol. The number of nitrogens with zero attached hydrogens (tertiary/aromatic N) is 2. The van der Waals surface area contributed by atoms with Crippen molar-refractivity contribution in [2.75, 3.05) is 5.32 Å². The number of pyridine rings is 1. The number of aliphatic imine (C=N–C) groups is 1. The second-order valence-corrected chi connectivity index (χ2v) is 6.15. The molecule has 0 fully saturated rings. The summed E-state index contributed by atoms with van der Waals surface area (Å²) in [4.78, 5) is 8.30. The van der Waals surface area contributed by atoms with Gasteiger partial charge in [0.2, 0.25) is 5.88 Å². The molecule has 10 heteroatoms. The third kappa shape index (κ3) is 8.32. The normalized spacial score (nSPS) is 11.4. The number of aromatic nitrogens is 1. The van der Waals surface area contributed by atoms with Gasteiger partial charge in [-0.1, -0.05) is 42.5 Å². The summed E-state index contributed by atoms with van der Waals surface area (Å²) >= 11 is 0. The minimum Gasteiger partial charge on any atom is -0.473 e. The Labute approximate surface area is 194 Å². The molecule has 0 bridgehead atoms. The van der Waals surface area contributed by atoms with Gasteiger partial charge in [-0.25, -0.2) is 9.98 Å². The molecular formula is C21H20F3IN4O2. The number of guanidine groups is 1. The van der Waals surface area contributed by atoms with E-state index in [0.717, 1.165) is 11.1 Å². The zero-order valence-electron chi connectivity index (χ0n) is 16.2. The van der Waals surface area contributed by atoms with Crippen LogP contribution in [0.3, 0.4) is 0 Å². The number of rotatable bonds is 7. The maximum Gasteiger partial charge on any atom is 0.573 e. The number of para-hydroxylation sites is 2. The van der Waals surface area contributed by atoms with Gasteiger partial charge in [-0.15, -0.1) is 37.1 Å². The van der Waals surface area contributed by atoms with Crippen LogP contribution in [0.25, 0.3) is 0 Å². The van der Waals surface area contributed by atoms with E-state index in [-0.39, 0.29) is 42.2 Å². The van der Waals surface area contributed by atoms with Crippen molar-refractivity contribution in [1.29, 1.82) is 0 Å². The van der Waals surface area contributed by atoms with Crippen molar-refractivity contribution in [1.82, 2.24) is 4.98 Å². The van der Waals surface area contributed by atoms with E-state index in [4.69, 9.17) is 10.5 Å². The van der Waals surface area contributed by atoms with Gasteiger partial charge in [-0.3, -0.25) is 0 Å². The summed E-state index contributed by atoms with van der Waals surface area (Å²) in [6.45, 7) is 0.561. The van der Waals surface area contributed by atoms with Crippen LogP contribution in [0.15, 0.2) is 77.9 Å². The molecule has 0 unspecified atom stereocenters. The van der Waals surface area contributed by atoms with Gasteiger partial charge in [0.25, 0.3) is 0 Å². The van der Waals surface area contributed by atoms with Crippen LogP contribution in [0.2, 0.25) is 0 Å². The summed E-state index contributed by atoms with van der Waals surface area (Å²) < 4.78 is 47.2. The highest BCUT2D eigenvalue weighted by atomic mass is 127. The van der Waals surface area contributed by atoms with E-state index in [2.05, 4.69) is 20.0 Å². The largest absolute Gasteiger partial charge is 0.573 e. The summed E-state index contributed by atoms with van der Waals surface area (Å²) in [5.74, 6) is -0.0255. The number of anilines is 1. The maximum absolute atomic E-state index is 12.5. The lowest BCUT2D eigenvalue weighted by molar-refractivity contribution is -0.274. The van der Waals surface area contributed by atoms with E-state index < -0.39 is 12.1 Å². The molecule has 3 rings (SSSR count). The second kappa shape index (κ2) is 11.4. The summed E-state index contributed by atoms with van der Waals surface area (Å²) in [5, 5.41) is 2.62. The number of halogens is 4. The molecule has 6 nitrogen and oxygen atoms in total. The summed E-state index contributed by atoms with van der Waals surface area (Å²) in [5.41, 5.74) is 7.65. The van der Waals surface area contributed by atoms with Gasteiger partial charge in [0.05, 0.1) is 12.2 Å². The number of hydrogen-bond acceptors (Lipinski definition) is 4. The van der Waals surface area contributed by atoms with E-state index in [9.17, 15) is 13.2 Å². The van der Waals surface area contributed by atoms with Crippen LogP contribution in [0.4, 0.5) is 18.9 Å². The number of benzene rings is 2. The lowest BCUT2D eigenvalue weighted by Gasteiger charge is -2.14. The number of ether oxygens (including phenoxy) is 2. The van der Waals surface area contributed by atoms with Gasteiger partial charge in [-0.05, 0) is 29.3 Å². The minimum absolute atomic E-state index is 0. The zero-order chi connectivity index (χ0) is 21.4. The molecule has 1 aromatic heterocycles. The number of nitrogens with one attached hydrogen (secondary N) is 1. The topological polar surface area (TPSA) is 81.8 Å². The minimum atomic E-state index is -4.81. The molecule has 0 saturated heterocycles. The number of hydrogen-bond donors (Lipinski definition) is 2. The van der Waals surface area contributed by atoms with Crippen LogP contribution in [-0.2, 0) is 13.2 Å². The van der Waals surface area contributed by atoms with Gasteiger partial charge in [0.1, 0.15) is 6.61 Å². The Hall–Kier alpha value is -3.02. The van der Waals surface area contributed by atoms with Crippen LogP contribution >= 0.6 is 24.0 Å². The van der Waals surface area contributed by atoms with Crippen LogP contribution < -0.4 is 20.5 Å². The Morgan fingerprint density at radius 3 is 2.45 bits per heavy atom. The van der Waals surface area contributed by atoms with Crippen molar-refractivity contribution in [2.45, 2.75) is 19.5 Å². The first-order chi connectivity index (χ1) is 14.4. The first-order valence-electron chi connectivity index (χ1n) is 8.92. The zero-order valence-corrected chi connectivity index (χ0v) is 18.5. The van der Waals surface area contributed by atoms with Gasteiger partial charge in [0.15, 0.2) is 11.7 Å². The summed E-state index contributed by atoms with van der Waals surface area (Å²) in [6, 6.07) is 18.7. The Bertz CT molecular complexity index is 1000. The van der Waals surface area contributed by atoms with Crippen molar-refractivity contribution in [3.63, 3.8) is 0 Å². The van der Waals surface area contributed by atoms with Crippen molar-refractivity contribution < 1.29 is 22.6 Å². The highest BCUT2D eigenvalue weighted by Crippen LogP contribution is 2.29. The molecular weight excluding hydrogens is 524 g/mol. The molecule has 3 N–H and O–H groups in total. The molecule has 3 aromatic rings. The van der Waals surface area contributed by atoms with Crippen LogP contribution in [0, 0.1) is 0 Å². The van der Waals surface area contributed by atoms with Gasteiger partial charge < -0.3 is 20.5 Å². The predicted octanol–water partition coefficient (Wildman–Crippen LogP) is 5.10. The van der Waals surface area contributed by atoms with Crippen molar-refractivity contribution in [3.05, 3.63) is 84.1 Å². The van der Waals surface area contributed by atoms with Crippen molar-refractivity contribution >= 4 is 35.6 Å². The lowest BCUT2D eigenvalue weighted by atomic mass is 10.2. The first kappa shape index (κ1) is 24.3. The molecule has 0 aliphatic carbocycles. The average Bonchev–Trinajstić information content (AvgIpc) is 2.72. The SMILES string of the molecule is I.NC(=NCc1ccnc(OCc2ccccc2)c1)Nc1ccccc1OC(F)(F)F. The fourth-order valence-corrected chi connectivity index (χ4v) is 2.50. The third-order valence-electron chi connectivity index (χ3n) is 3.84. The first-order valence-corrected chi connectivity index (χ1v) is 8.92. The molecule has 0 aliphatic heterocycles. The second-order valence-electron chi connectivity index (χ2n) is 6.15. The predicted molar refractivity (Wildman–Crippen MR) is 123 cm³/mol. The summed E-state index contributed by atoms with van der Waals surface area (Å²) in [6.07, 6.45) is -3.22. The lowest BCUT2D eigenvalue weighted by Crippen LogP contribution is -2.24. The fourth-order valence-electron chi connectivity index (χ4n) is 2.50. The van der Waals surface area contributed by atoms with E-state index in [1.165, 1.54) is 18.2 Å². The van der Waals surface area contributed by atoms with E-state index in [1.807, 2.05) is 30.3 Å². The number of alkyl halides is 3. The molecule has 31 heavy (non-hydrogen) atoms. The Morgan fingerprint density at radius 2 is 1.71 bits per heavy atom. The Morgan fingerprint density at radius 1 is 1.00 bits per heavy atom. The molecule has 0 aliphatic rings. The van der Waals surface area contributed by atoms with Gasteiger partial charge in [-0.2, -0.15) is 0 Å². The van der Waals surface area contributed by atoms with E-state index >= 15 is 0 Å². The molecule has 164 valence electrons. The standard InChI is InChI=1S/C21H19F3N4O2.HI/c22-21(23,24)30-18-9-5-4-8-17(18)28-20(25)27-13-16-10-11-26-19(12-16)29-14-15-6-2-1-3-7-15;/h1-12H,13-14H2,(H3,25,27,28);1H. The monoisotopic (exact) mass is 544 g/mol. The van der Waals surface area contributed by atoms with E-state index in [1.54, 1.807) is 24.4 Å². The van der Waals surface area contributed by atoms with Crippen LogP contribution in [0.1, 0.15) is 11.1 Å². The van der Waals surface area contributed by atoms with Crippen LogP contribution in [0.5, 0.6) is 11.6 Å². The quantitative estimate of drug-likeness (QED) is 0.246. The Kier molecular flexibility index (Phi) is 8.91. The molecule has 2 aromatic carbocycles. The Balaban J connectivity index is 0.00000341. The number of nitrogens with two attached hydrogens (primary N) is 1. The summed E-state index contributed by atoms with van der Waals surface area (Å²) in [7, 11) is 0. The highest BCUT2D eigenvalue weighted by Gasteiger charge is 2.32. The molecule has 0 amide bonds. The third-order valence-corrected chi connectivity index (χ3v) is 3.84. The van der Waals surface area contributed by atoms with Crippen molar-refractivity contribution in [3.8, 4) is 11.6 Å². The van der Waals surface area contributed by atoms with E-state index in [0.29, 0.717) is 12.5 Å².